The molecular weight excluding hydrogens is 348 g/mol. The van der Waals surface area contributed by atoms with E-state index in [0.29, 0.717) is 29.3 Å². The summed E-state index contributed by atoms with van der Waals surface area (Å²) in [5.74, 6) is 2.21. The summed E-state index contributed by atoms with van der Waals surface area (Å²) in [7, 11) is 0. The summed E-state index contributed by atoms with van der Waals surface area (Å²) >= 11 is 0. The van der Waals surface area contributed by atoms with Gasteiger partial charge < -0.3 is 5.11 Å². The number of aromatic nitrogens is 2. The van der Waals surface area contributed by atoms with E-state index in [1.54, 1.807) is 0 Å². The number of Topliss-reactive ketones (excluding diaryl/α,β-unsaturated/α-hetero) is 1. The lowest BCUT2D eigenvalue weighted by Crippen LogP contribution is -2.42. The Labute approximate surface area is 166 Å². The Morgan fingerprint density at radius 3 is 2.96 bits per heavy atom. The van der Waals surface area contributed by atoms with Gasteiger partial charge in [0.25, 0.3) is 0 Å². The minimum atomic E-state index is -0.227. The zero-order chi connectivity index (χ0) is 19.5. The van der Waals surface area contributed by atoms with Gasteiger partial charge in [-0.25, -0.2) is 0 Å². The van der Waals surface area contributed by atoms with E-state index in [1.807, 2.05) is 35.2 Å². The van der Waals surface area contributed by atoms with E-state index < -0.39 is 0 Å². The van der Waals surface area contributed by atoms with Crippen LogP contribution >= 0.6 is 0 Å². The number of rotatable bonds is 2. The van der Waals surface area contributed by atoms with Crippen LogP contribution < -0.4 is 0 Å². The SMILES string of the molecule is CCn1ccc(/C=C2\CC3C4CCc5cc(O)ccc5C4CCC3(C)C2=O)n1. The molecule has 4 heteroatoms. The number of allylic oxidation sites excluding steroid dienone is 1. The molecule has 146 valence electrons. The molecule has 28 heavy (non-hydrogen) atoms. The highest BCUT2D eigenvalue weighted by atomic mass is 16.3. The maximum Gasteiger partial charge on any atom is 0.165 e. The average Bonchev–Trinajstić information content (AvgIpc) is 3.25. The topological polar surface area (TPSA) is 55.1 Å². The molecule has 0 amide bonds. The van der Waals surface area contributed by atoms with Gasteiger partial charge in [-0.15, -0.1) is 0 Å². The number of phenols is 1. The molecule has 0 spiro atoms. The number of nitrogens with zero attached hydrogens (tertiary/aromatic N) is 2. The van der Waals surface area contributed by atoms with E-state index in [4.69, 9.17) is 0 Å². The molecule has 3 aliphatic rings. The predicted molar refractivity (Wildman–Crippen MR) is 109 cm³/mol. The number of carbonyl (C=O) groups is 1. The fourth-order valence-electron chi connectivity index (χ4n) is 6.18. The van der Waals surface area contributed by atoms with Gasteiger partial charge in [-0.3, -0.25) is 9.48 Å². The highest BCUT2D eigenvalue weighted by Gasteiger charge is 2.56. The molecule has 0 radical (unpaired) electrons. The fraction of sp³-hybridized carbons (Fsp3) is 0.500. The van der Waals surface area contributed by atoms with E-state index in [0.717, 1.165) is 49.9 Å². The molecule has 1 N–H and O–H groups in total. The molecule has 4 nitrogen and oxygen atoms in total. The highest BCUT2D eigenvalue weighted by Crippen LogP contribution is 2.60. The van der Waals surface area contributed by atoms with Crippen molar-refractivity contribution in [3.05, 3.63) is 52.9 Å². The number of aromatic hydroxyl groups is 1. The third-order valence-electron chi connectivity index (χ3n) is 7.66. The summed E-state index contributed by atoms with van der Waals surface area (Å²) in [5, 5.41) is 14.4. The molecule has 1 aromatic heterocycles. The minimum absolute atomic E-state index is 0.227. The standard InChI is InChI=1S/C24H28N2O2/c1-3-26-11-9-17(25-26)12-16-14-22-21-6-4-15-13-18(27)5-7-19(15)20(21)8-10-24(22,2)23(16)28/h5,7,9,11-13,20-22,27H,3-4,6,8,10,14H2,1-2H3/b16-12+. The van der Waals surface area contributed by atoms with Crippen LogP contribution in [0.25, 0.3) is 6.08 Å². The lowest BCUT2D eigenvalue weighted by molar-refractivity contribution is -0.127. The van der Waals surface area contributed by atoms with Gasteiger partial charge >= 0.3 is 0 Å². The summed E-state index contributed by atoms with van der Waals surface area (Å²) in [5.41, 5.74) is 4.34. The number of fused-ring (bicyclic) bond motifs is 5. The first-order valence-corrected chi connectivity index (χ1v) is 10.6. The summed E-state index contributed by atoms with van der Waals surface area (Å²) in [6.45, 7) is 5.12. The number of aryl methyl sites for hydroxylation is 2. The average molecular weight is 377 g/mol. The van der Waals surface area contributed by atoms with Crippen LogP contribution in [0.4, 0.5) is 0 Å². The summed E-state index contributed by atoms with van der Waals surface area (Å²) < 4.78 is 1.91. The van der Waals surface area contributed by atoms with E-state index in [9.17, 15) is 9.90 Å². The van der Waals surface area contributed by atoms with Crippen molar-refractivity contribution >= 4 is 11.9 Å². The molecule has 2 fully saturated rings. The first-order valence-electron chi connectivity index (χ1n) is 10.6. The summed E-state index contributed by atoms with van der Waals surface area (Å²) in [4.78, 5) is 13.4. The molecule has 1 heterocycles. The van der Waals surface area contributed by atoms with Crippen LogP contribution in [0, 0.1) is 17.3 Å². The first kappa shape index (κ1) is 17.7. The monoisotopic (exact) mass is 376 g/mol. The molecule has 1 aromatic carbocycles. The van der Waals surface area contributed by atoms with Crippen LogP contribution in [-0.4, -0.2) is 20.7 Å². The third kappa shape index (κ3) is 2.57. The van der Waals surface area contributed by atoms with Gasteiger partial charge in [0, 0.05) is 18.2 Å². The number of phenolic OH excluding ortho intramolecular Hbond substituents is 1. The van der Waals surface area contributed by atoms with Crippen LogP contribution in [0.2, 0.25) is 0 Å². The molecule has 4 unspecified atom stereocenters. The lowest BCUT2D eigenvalue weighted by Gasteiger charge is -2.48. The Kier molecular flexibility index (Phi) is 4.01. The van der Waals surface area contributed by atoms with Crippen LogP contribution in [0.5, 0.6) is 5.75 Å². The zero-order valence-electron chi connectivity index (χ0n) is 16.7. The molecule has 3 aliphatic carbocycles. The quantitative estimate of drug-likeness (QED) is 0.771. The van der Waals surface area contributed by atoms with Gasteiger partial charge in [-0.1, -0.05) is 13.0 Å². The third-order valence-corrected chi connectivity index (χ3v) is 7.66. The van der Waals surface area contributed by atoms with Crippen LogP contribution in [0.1, 0.15) is 62.3 Å². The maximum atomic E-state index is 13.4. The number of benzene rings is 1. The summed E-state index contributed by atoms with van der Waals surface area (Å²) in [6, 6.07) is 7.88. The van der Waals surface area contributed by atoms with Gasteiger partial charge in [0.2, 0.25) is 0 Å². The van der Waals surface area contributed by atoms with Crippen molar-refractivity contribution in [2.45, 2.75) is 58.4 Å². The molecular formula is C24H28N2O2. The second-order valence-electron chi connectivity index (χ2n) is 9.05. The van der Waals surface area contributed by atoms with Gasteiger partial charge in [0.15, 0.2) is 5.78 Å². The number of ketones is 1. The molecule has 0 aliphatic heterocycles. The summed E-state index contributed by atoms with van der Waals surface area (Å²) in [6.07, 6.45) is 9.03. The molecule has 2 saturated carbocycles. The first-order chi connectivity index (χ1) is 13.5. The van der Waals surface area contributed by atoms with Gasteiger partial charge in [-0.2, -0.15) is 5.10 Å². The maximum absolute atomic E-state index is 13.4. The Hall–Kier alpha value is -2.36. The second-order valence-corrected chi connectivity index (χ2v) is 9.05. The highest BCUT2D eigenvalue weighted by molar-refractivity contribution is 6.05. The van der Waals surface area contributed by atoms with Crippen molar-refractivity contribution in [1.29, 1.82) is 0 Å². The van der Waals surface area contributed by atoms with Crippen molar-refractivity contribution in [3.63, 3.8) is 0 Å². The van der Waals surface area contributed by atoms with E-state index >= 15 is 0 Å². The zero-order valence-corrected chi connectivity index (χ0v) is 16.7. The molecule has 5 rings (SSSR count). The minimum Gasteiger partial charge on any atom is -0.508 e. The predicted octanol–water partition coefficient (Wildman–Crippen LogP) is 4.73. The van der Waals surface area contributed by atoms with E-state index in [2.05, 4.69) is 25.0 Å². The number of hydrogen-bond donors (Lipinski definition) is 1. The molecule has 0 saturated heterocycles. The van der Waals surface area contributed by atoms with Crippen molar-refractivity contribution in [2.24, 2.45) is 17.3 Å². The van der Waals surface area contributed by atoms with Crippen molar-refractivity contribution in [1.82, 2.24) is 9.78 Å². The van der Waals surface area contributed by atoms with E-state index in [-0.39, 0.29) is 5.41 Å². The Bertz CT molecular complexity index is 973. The lowest BCUT2D eigenvalue weighted by atomic mass is 9.55. The second kappa shape index (κ2) is 6.33. The Morgan fingerprint density at radius 2 is 2.18 bits per heavy atom. The van der Waals surface area contributed by atoms with Crippen molar-refractivity contribution in [2.75, 3.05) is 0 Å². The smallest absolute Gasteiger partial charge is 0.165 e. The van der Waals surface area contributed by atoms with Crippen LogP contribution in [0.3, 0.4) is 0 Å². The van der Waals surface area contributed by atoms with Gasteiger partial charge in [-0.05, 0) is 97.8 Å². The Balaban J connectivity index is 1.47. The largest absolute Gasteiger partial charge is 0.508 e. The van der Waals surface area contributed by atoms with Crippen LogP contribution in [-0.2, 0) is 17.8 Å². The van der Waals surface area contributed by atoms with E-state index in [1.165, 1.54) is 11.1 Å². The Morgan fingerprint density at radius 1 is 1.32 bits per heavy atom. The van der Waals surface area contributed by atoms with Gasteiger partial charge in [0.05, 0.1) is 5.69 Å². The van der Waals surface area contributed by atoms with Gasteiger partial charge in [0.1, 0.15) is 5.75 Å². The molecule has 2 aromatic rings. The number of carbonyl (C=O) groups excluding carboxylic acids is 1. The normalized spacial score (nSPS) is 32.9. The van der Waals surface area contributed by atoms with Crippen molar-refractivity contribution in [3.8, 4) is 5.75 Å². The molecule has 4 atom stereocenters. The fourth-order valence-corrected chi connectivity index (χ4v) is 6.18. The number of hydrogen-bond acceptors (Lipinski definition) is 3. The van der Waals surface area contributed by atoms with Crippen molar-refractivity contribution < 1.29 is 9.90 Å². The molecule has 0 bridgehead atoms. The van der Waals surface area contributed by atoms with Crippen LogP contribution in [0.15, 0.2) is 36.0 Å².